The normalized spacial score (nSPS) is 18.8. The highest BCUT2D eigenvalue weighted by atomic mass is 32.2. The first-order chi connectivity index (χ1) is 11.8. The maximum atomic E-state index is 13.2. The molecule has 1 N–H and O–H groups in total. The van der Waals surface area contributed by atoms with Gasteiger partial charge in [0, 0.05) is 13.1 Å². The van der Waals surface area contributed by atoms with Gasteiger partial charge in [-0.2, -0.15) is 4.31 Å². The molecule has 0 radical (unpaired) electrons. The maximum Gasteiger partial charge on any atom is 0.244 e. The maximum absolute atomic E-state index is 13.2. The molecule has 6 heteroatoms. The van der Waals surface area contributed by atoms with Gasteiger partial charge in [-0.15, -0.1) is 0 Å². The van der Waals surface area contributed by atoms with Crippen LogP contribution in [0.25, 0.3) is 0 Å². The van der Waals surface area contributed by atoms with Crippen molar-refractivity contribution in [3.05, 3.63) is 64.7 Å². The van der Waals surface area contributed by atoms with Crippen LogP contribution in [0.3, 0.4) is 0 Å². The Bertz CT molecular complexity index is 922. The molecule has 1 amide bonds. The van der Waals surface area contributed by atoms with Crippen molar-refractivity contribution in [1.29, 1.82) is 0 Å². The molecule has 1 atom stereocenters. The van der Waals surface area contributed by atoms with Crippen molar-refractivity contribution in [3.63, 3.8) is 0 Å². The summed E-state index contributed by atoms with van der Waals surface area (Å²) in [4.78, 5) is 12.7. The molecule has 1 fully saturated rings. The number of hydrogen-bond acceptors (Lipinski definition) is 3. The fourth-order valence-corrected chi connectivity index (χ4v) is 4.74. The monoisotopic (exact) mass is 358 g/mol. The lowest BCUT2D eigenvalue weighted by Crippen LogP contribution is -2.52. The number of amides is 1. The third-order valence-corrected chi connectivity index (χ3v) is 6.47. The first-order valence-electron chi connectivity index (χ1n) is 8.24. The number of sulfonamides is 1. The molecule has 3 rings (SSSR count). The fourth-order valence-electron chi connectivity index (χ4n) is 3.07. The minimum atomic E-state index is -3.77. The molecule has 2 aromatic carbocycles. The minimum Gasteiger partial charge on any atom is -0.353 e. The Balaban J connectivity index is 2.08. The second-order valence-electron chi connectivity index (χ2n) is 6.47. The second kappa shape index (κ2) is 6.61. The molecule has 1 heterocycles. The van der Waals surface area contributed by atoms with E-state index >= 15 is 0 Å². The zero-order chi connectivity index (χ0) is 18.2. The highest BCUT2D eigenvalue weighted by molar-refractivity contribution is 7.89. The lowest BCUT2D eigenvalue weighted by atomic mass is 10.0. The molecule has 1 saturated heterocycles. The molecule has 1 aliphatic rings. The molecule has 2 aromatic rings. The molecule has 1 aliphatic heterocycles. The summed E-state index contributed by atoms with van der Waals surface area (Å²) in [7, 11) is -3.77. The minimum absolute atomic E-state index is 0.225. The second-order valence-corrected chi connectivity index (χ2v) is 8.36. The van der Waals surface area contributed by atoms with Gasteiger partial charge >= 0.3 is 0 Å². The molecular formula is C19H22N2O3S. The van der Waals surface area contributed by atoms with Crippen molar-refractivity contribution in [2.45, 2.75) is 31.7 Å². The Labute approximate surface area is 148 Å². The van der Waals surface area contributed by atoms with E-state index in [0.717, 1.165) is 16.7 Å². The molecule has 0 aliphatic carbocycles. The zero-order valence-corrected chi connectivity index (χ0v) is 15.4. The van der Waals surface area contributed by atoms with E-state index in [-0.39, 0.29) is 17.3 Å². The number of piperazine rings is 1. The van der Waals surface area contributed by atoms with E-state index in [0.29, 0.717) is 12.1 Å². The summed E-state index contributed by atoms with van der Waals surface area (Å²) >= 11 is 0. The number of carbonyl (C=O) groups is 1. The Hall–Kier alpha value is -2.18. The third-order valence-electron chi connectivity index (χ3n) is 4.61. The average Bonchev–Trinajstić information content (AvgIpc) is 2.57. The van der Waals surface area contributed by atoms with Gasteiger partial charge in [-0.05, 0) is 49.6 Å². The van der Waals surface area contributed by atoms with Crippen molar-refractivity contribution < 1.29 is 13.2 Å². The van der Waals surface area contributed by atoms with E-state index in [9.17, 15) is 13.2 Å². The Morgan fingerprint density at radius 3 is 2.48 bits per heavy atom. The van der Waals surface area contributed by atoms with Gasteiger partial charge in [-0.1, -0.05) is 35.9 Å². The van der Waals surface area contributed by atoms with Crippen LogP contribution in [-0.2, 0) is 14.8 Å². The van der Waals surface area contributed by atoms with E-state index in [1.54, 1.807) is 24.3 Å². The van der Waals surface area contributed by atoms with Crippen LogP contribution in [0.4, 0.5) is 0 Å². The van der Waals surface area contributed by atoms with Crippen LogP contribution in [-0.4, -0.2) is 31.7 Å². The van der Waals surface area contributed by atoms with Gasteiger partial charge in [0.2, 0.25) is 15.9 Å². The van der Waals surface area contributed by atoms with E-state index < -0.39 is 16.1 Å². The largest absolute Gasteiger partial charge is 0.353 e. The predicted octanol–water partition coefficient (Wildman–Crippen LogP) is 2.47. The van der Waals surface area contributed by atoms with E-state index in [4.69, 9.17) is 0 Å². The quantitative estimate of drug-likeness (QED) is 0.917. The lowest BCUT2D eigenvalue weighted by molar-refractivity contribution is -0.126. The number of nitrogens with zero attached hydrogens (tertiary/aromatic N) is 1. The van der Waals surface area contributed by atoms with Crippen LogP contribution >= 0.6 is 0 Å². The third kappa shape index (κ3) is 3.32. The Morgan fingerprint density at radius 2 is 1.80 bits per heavy atom. The van der Waals surface area contributed by atoms with Crippen LogP contribution in [0, 0.1) is 20.8 Å². The number of hydrogen-bond donors (Lipinski definition) is 1. The summed E-state index contributed by atoms with van der Waals surface area (Å²) < 4.78 is 27.7. The molecule has 0 saturated carbocycles. The van der Waals surface area contributed by atoms with Crippen molar-refractivity contribution in [2.75, 3.05) is 13.1 Å². The van der Waals surface area contributed by atoms with Crippen molar-refractivity contribution in [2.24, 2.45) is 0 Å². The lowest BCUT2D eigenvalue weighted by Gasteiger charge is -2.34. The Morgan fingerprint density at radius 1 is 1.04 bits per heavy atom. The molecule has 25 heavy (non-hydrogen) atoms. The van der Waals surface area contributed by atoms with Gasteiger partial charge in [0.05, 0.1) is 4.90 Å². The van der Waals surface area contributed by atoms with Crippen molar-refractivity contribution in [1.82, 2.24) is 9.62 Å². The highest BCUT2D eigenvalue weighted by Crippen LogP contribution is 2.30. The summed E-state index contributed by atoms with van der Waals surface area (Å²) in [6.45, 7) is 6.31. The number of benzene rings is 2. The molecule has 0 spiro atoms. The summed E-state index contributed by atoms with van der Waals surface area (Å²) in [5, 5.41) is 2.78. The number of carbonyl (C=O) groups excluding carboxylic acids is 1. The number of aryl methyl sites for hydroxylation is 3. The first-order valence-corrected chi connectivity index (χ1v) is 9.68. The molecular weight excluding hydrogens is 336 g/mol. The van der Waals surface area contributed by atoms with Gasteiger partial charge < -0.3 is 5.32 Å². The van der Waals surface area contributed by atoms with Gasteiger partial charge in [-0.3, -0.25) is 4.79 Å². The summed E-state index contributed by atoms with van der Waals surface area (Å²) in [5.41, 5.74) is 3.62. The molecule has 1 unspecified atom stereocenters. The molecule has 132 valence electrons. The van der Waals surface area contributed by atoms with Crippen LogP contribution in [0.5, 0.6) is 0 Å². The van der Waals surface area contributed by atoms with Crippen LogP contribution in [0.1, 0.15) is 28.3 Å². The summed E-state index contributed by atoms with van der Waals surface area (Å²) in [5.74, 6) is -0.288. The first kappa shape index (κ1) is 17.6. The van der Waals surface area contributed by atoms with Crippen LogP contribution < -0.4 is 5.32 Å². The standard InChI is InChI=1S/C19H22N2O3S/c1-13-5-4-6-16(11-13)18-19(22)20-9-10-21(18)25(23,24)17-8-7-14(2)15(3)12-17/h4-8,11-12,18H,9-10H2,1-3H3,(H,20,22). The van der Waals surface area contributed by atoms with Gasteiger partial charge in [0.1, 0.15) is 6.04 Å². The van der Waals surface area contributed by atoms with Gasteiger partial charge in [-0.25, -0.2) is 8.42 Å². The predicted molar refractivity (Wildman–Crippen MR) is 96.7 cm³/mol. The Kier molecular flexibility index (Phi) is 4.67. The molecule has 0 aromatic heterocycles. The highest BCUT2D eigenvalue weighted by Gasteiger charge is 2.39. The van der Waals surface area contributed by atoms with Gasteiger partial charge in [0.15, 0.2) is 0 Å². The number of nitrogens with one attached hydrogen (secondary N) is 1. The smallest absolute Gasteiger partial charge is 0.244 e. The summed E-state index contributed by atoms with van der Waals surface area (Å²) in [6, 6.07) is 11.7. The van der Waals surface area contributed by atoms with Crippen LogP contribution in [0.15, 0.2) is 47.4 Å². The average molecular weight is 358 g/mol. The van der Waals surface area contributed by atoms with E-state index in [1.807, 2.05) is 39.0 Å². The van der Waals surface area contributed by atoms with Crippen molar-refractivity contribution in [3.8, 4) is 0 Å². The molecule has 5 nitrogen and oxygen atoms in total. The zero-order valence-electron chi connectivity index (χ0n) is 14.6. The van der Waals surface area contributed by atoms with E-state index in [2.05, 4.69) is 5.32 Å². The fraction of sp³-hybridized carbons (Fsp3) is 0.316. The van der Waals surface area contributed by atoms with Crippen molar-refractivity contribution >= 4 is 15.9 Å². The topological polar surface area (TPSA) is 66.5 Å². The van der Waals surface area contributed by atoms with E-state index in [1.165, 1.54) is 4.31 Å². The molecule has 0 bridgehead atoms. The summed E-state index contributed by atoms with van der Waals surface area (Å²) in [6.07, 6.45) is 0. The number of rotatable bonds is 3. The van der Waals surface area contributed by atoms with Crippen LogP contribution in [0.2, 0.25) is 0 Å². The SMILES string of the molecule is Cc1cccc(C2C(=O)NCCN2S(=O)(=O)c2ccc(C)c(C)c2)c1. The van der Waals surface area contributed by atoms with Gasteiger partial charge in [0.25, 0.3) is 0 Å².